The molecule has 0 aromatic rings. The highest BCUT2D eigenvalue weighted by molar-refractivity contribution is 7.92. The number of nitriles is 1. The van der Waals surface area contributed by atoms with E-state index in [9.17, 15) is 13.2 Å². The maximum atomic E-state index is 12.4. The van der Waals surface area contributed by atoms with E-state index in [2.05, 4.69) is 4.72 Å². The topological polar surface area (TPSA) is 87.0 Å². The zero-order valence-electron chi connectivity index (χ0n) is 15.1. The van der Waals surface area contributed by atoms with Crippen LogP contribution >= 0.6 is 0 Å². The molecule has 130 valence electrons. The van der Waals surface area contributed by atoms with Crippen LogP contribution in [0.3, 0.4) is 0 Å². The van der Waals surface area contributed by atoms with E-state index in [4.69, 9.17) is 5.26 Å². The van der Waals surface area contributed by atoms with Gasteiger partial charge in [0.1, 0.15) is 6.07 Å². The third-order valence-corrected chi connectivity index (χ3v) is 4.28. The molecule has 0 aliphatic heterocycles. The molecule has 0 fully saturated rings. The fourth-order valence-corrected chi connectivity index (χ4v) is 3.16. The summed E-state index contributed by atoms with van der Waals surface area (Å²) < 4.78 is 26.3. The van der Waals surface area contributed by atoms with Crippen LogP contribution in [0.1, 0.15) is 54.9 Å². The summed E-state index contributed by atoms with van der Waals surface area (Å²) >= 11 is 0. The first-order valence-electron chi connectivity index (χ1n) is 7.57. The van der Waals surface area contributed by atoms with Gasteiger partial charge in [0.25, 0.3) is 0 Å². The summed E-state index contributed by atoms with van der Waals surface area (Å²) in [5, 5.41) is 10.2. The second kappa shape index (κ2) is 7.89. The van der Waals surface area contributed by atoms with Gasteiger partial charge in [-0.1, -0.05) is 39.8 Å². The molecule has 0 atom stereocenters. The average Bonchev–Trinajstić information content (AvgIpc) is 2.31. The van der Waals surface area contributed by atoms with Crippen LogP contribution in [-0.2, 0) is 14.8 Å². The molecule has 5 nitrogen and oxygen atoms in total. The van der Waals surface area contributed by atoms with Crippen LogP contribution in [0, 0.1) is 22.7 Å². The Hall–Kier alpha value is -1.45. The van der Waals surface area contributed by atoms with Crippen molar-refractivity contribution < 1.29 is 13.2 Å². The van der Waals surface area contributed by atoms with Gasteiger partial charge in [-0.3, -0.25) is 4.79 Å². The van der Waals surface area contributed by atoms with Crippen molar-refractivity contribution in [2.75, 3.05) is 0 Å². The van der Waals surface area contributed by atoms with Gasteiger partial charge < -0.3 is 0 Å². The summed E-state index contributed by atoms with van der Waals surface area (Å²) in [6.45, 7) is 12.4. The molecule has 0 saturated carbocycles. The van der Waals surface area contributed by atoms with Gasteiger partial charge >= 0.3 is 0 Å². The summed E-state index contributed by atoms with van der Waals surface area (Å²) in [6.07, 6.45) is 3.32. The summed E-state index contributed by atoms with van der Waals surface area (Å²) in [5.74, 6) is -0.184. The molecule has 0 aromatic heterocycles. The quantitative estimate of drug-likeness (QED) is 0.569. The Morgan fingerprint density at radius 1 is 1.22 bits per heavy atom. The van der Waals surface area contributed by atoms with E-state index < -0.39 is 21.0 Å². The standard InChI is InChI=1S/C17H28N2O3S/c1-13(2)11-14(12-18)15(20)17(6,7)9-8-10-23(21,22)19-16(3,4)5/h8,10-11,13,19H,9H2,1-7H3/b10-8+,14-11+. The normalized spacial score (nSPS) is 14.3. The van der Waals surface area contributed by atoms with Crippen molar-refractivity contribution in [3.8, 4) is 6.07 Å². The van der Waals surface area contributed by atoms with Crippen molar-refractivity contribution in [2.24, 2.45) is 11.3 Å². The third kappa shape index (κ3) is 8.68. The second-order valence-electron chi connectivity index (χ2n) is 7.62. The number of hydrogen-bond acceptors (Lipinski definition) is 4. The van der Waals surface area contributed by atoms with Crippen LogP contribution in [0.15, 0.2) is 23.1 Å². The molecule has 0 aliphatic rings. The number of Topliss-reactive ketones (excluding diaryl/α,β-unsaturated/α-hetero) is 1. The van der Waals surface area contributed by atoms with E-state index in [1.807, 2.05) is 19.9 Å². The number of nitrogens with zero attached hydrogens (tertiary/aromatic N) is 1. The number of nitrogens with one attached hydrogen (secondary N) is 1. The molecule has 0 rings (SSSR count). The number of hydrogen-bond donors (Lipinski definition) is 1. The molecular formula is C17H28N2O3S. The van der Waals surface area contributed by atoms with E-state index in [0.717, 1.165) is 5.41 Å². The van der Waals surface area contributed by atoms with Crippen LogP contribution in [0.25, 0.3) is 0 Å². The summed E-state index contributed by atoms with van der Waals surface area (Å²) in [5.41, 5.74) is -1.29. The molecule has 23 heavy (non-hydrogen) atoms. The van der Waals surface area contributed by atoms with Gasteiger partial charge in [-0.05, 0) is 33.1 Å². The highest BCUT2D eigenvalue weighted by Crippen LogP contribution is 2.26. The van der Waals surface area contributed by atoms with Crippen molar-refractivity contribution in [1.29, 1.82) is 5.26 Å². The number of sulfonamides is 1. The lowest BCUT2D eigenvalue weighted by molar-refractivity contribution is -0.122. The molecule has 0 heterocycles. The number of ketones is 1. The molecule has 0 aromatic carbocycles. The second-order valence-corrected chi connectivity index (χ2v) is 9.19. The summed E-state index contributed by atoms with van der Waals surface area (Å²) in [7, 11) is -3.55. The zero-order valence-corrected chi connectivity index (χ0v) is 15.9. The molecule has 1 N–H and O–H groups in total. The van der Waals surface area contributed by atoms with Gasteiger partial charge in [-0.2, -0.15) is 5.26 Å². The molecule has 6 heteroatoms. The van der Waals surface area contributed by atoms with Crippen LogP contribution in [-0.4, -0.2) is 19.7 Å². The number of carbonyl (C=O) groups excluding carboxylic acids is 1. The van der Waals surface area contributed by atoms with Gasteiger partial charge in [0.2, 0.25) is 10.0 Å². The van der Waals surface area contributed by atoms with Crippen molar-refractivity contribution in [1.82, 2.24) is 4.72 Å². The average molecular weight is 340 g/mol. The minimum absolute atomic E-state index is 0.0938. The highest BCUT2D eigenvalue weighted by Gasteiger charge is 2.29. The first-order valence-corrected chi connectivity index (χ1v) is 9.12. The van der Waals surface area contributed by atoms with Crippen molar-refractivity contribution in [3.63, 3.8) is 0 Å². The smallest absolute Gasteiger partial charge is 0.233 e. The Balaban J connectivity index is 5.12. The monoisotopic (exact) mass is 340 g/mol. The Morgan fingerprint density at radius 2 is 1.74 bits per heavy atom. The molecule has 0 radical (unpaired) electrons. The maximum Gasteiger partial charge on any atom is 0.233 e. The van der Waals surface area contributed by atoms with Crippen molar-refractivity contribution in [3.05, 3.63) is 23.1 Å². The van der Waals surface area contributed by atoms with Gasteiger partial charge in [0, 0.05) is 16.4 Å². The summed E-state index contributed by atoms with van der Waals surface area (Å²) in [6, 6.07) is 1.93. The largest absolute Gasteiger partial charge is 0.293 e. The Morgan fingerprint density at radius 3 is 2.13 bits per heavy atom. The van der Waals surface area contributed by atoms with Gasteiger partial charge in [-0.25, -0.2) is 13.1 Å². The van der Waals surface area contributed by atoms with Gasteiger partial charge in [0.05, 0.1) is 5.57 Å². The molecule has 0 bridgehead atoms. The third-order valence-electron chi connectivity index (χ3n) is 2.83. The van der Waals surface area contributed by atoms with E-state index in [1.165, 1.54) is 6.08 Å². The van der Waals surface area contributed by atoms with Crippen molar-refractivity contribution >= 4 is 15.8 Å². The van der Waals surface area contributed by atoms with Crippen LogP contribution in [0.4, 0.5) is 0 Å². The van der Waals surface area contributed by atoms with E-state index >= 15 is 0 Å². The van der Waals surface area contributed by atoms with Crippen LogP contribution < -0.4 is 4.72 Å². The maximum absolute atomic E-state index is 12.4. The molecule has 0 saturated heterocycles. The van der Waals surface area contributed by atoms with Crippen LogP contribution in [0.2, 0.25) is 0 Å². The fourth-order valence-electron chi connectivity index (χ4n) is 1.88. The van der Waals surface area contributed by atoms with E-state index in [-0.39, 0.29) is 23.7 Å². The lowest BCUT2D eigenvalue weighted by Gasteiger charge is -2.21. The fraction of sp³-hybridized carbons (Fsp3) is 0.647. The van der Waals surface area contributed by atoms with Gasteiger partial charge in [0.15, 0.2) is 5.78 Å². The Labute approximate surface area is 140 Å². The van der Waals surface area contributed by atoms with Gasteiger partial charge in [-0.15, -0.1) is 0 Å². The first-order chi connectivity index (χ1) is 10.2. The predicted molar refractivity (Wildman–Crippen MR) is 92.9 cm³/mol. The molecule has 0 unspecified atom stereocenters. The number of rotatable bonds is 7. The Kier molecular flexibility index (Phi) is 7.39. The summed E-state index contributed by atoms with van der Waals surface area (Å²) in [4.78, 5) is 12.4. The molecule has 0 amide bonds. The molecule has 0 spiro atoms. The molecule has 0 aliphatic carbocycles. The number of carbonyl (C=O) groups is 1. The minimum Gasteiger partial charge on any atom is -0.293 e. The SMILES string of the molecule is CC(C)/C=C(\C#N)C(=O)C(C)(C)C/C=C/S(=O)(=O)NC(C)(C)C. The van der Waals surface area contributed by atoms with E-state index in [1.54, 1.807) is 40.7 Å². The molecular weight excluding hydrogens is 312 g/mol. The highest BCUT2D eigenvalue weighted by atomic mass is 32.2. The zero-order chi connectivity index (χ0) is 18.5. The lowest BCUT2D eigenvalue weighted by atomic mass is 9.81. The number of allylic oxidation sites excluding steroid dienone is 3. The van der Waals surface area contributed by atoms with Crippen LogP contribution in [0.5, 0.6) is 0 Å². The Bertz CT molecular complexity index is 628. The van der Waals surface area contributed by atoms with E-state index in [0.29, 0.717) is 0 Å². The lowest BCUT2D eigenvalue weighted by Crippen LogP contribution is -2.39. The van der Waals surface area contributed by atoms with Crippen molar-refractivity contribution in [2.45, 2.75) is 60.4 Å². The first kappa shape index (κ1) is 21.6. The minimum atomic E-state index is -3.55. The predicted octanol–water partition coefficient (Wildman–Crippen LogP) is 3.31.